The van der Waals surface area contributed by atoms with E-state index < -0.39 is 16.8 Å². The Balaban J connectivity index is 2.13. The first-order valence-electron chi connectivity index (χ1n) is 6.41. The number of rotatable bonds is 5. The monoisotopic (exact) mass is 332 g/mol. The second-order valence-electron chi connectivity index (χ2n) is 4.29. The number of nitro benzene ring substituents is 1. The van der Waals surface area contributed by atoms with E-state index in [9.17, 15) is 19.7 Å². The van der Waals surface area contributed by atoms with Gasteiger partial charge in [-0.25, -0.2) is 4.79 Å². The molecule has 2 rings (SSSR count). The molecule has 0 radical (unpaired) electrons. The lowest BCUT2D eigenvalue weighted by Gasteiger charge is -2.02. The fourth-order valence-electron chi connectivity index (χ4n) is 1.79. The lowest BCUT2D eigenvalue weighted by Crippen LogP contribution is -2.10. The van der Waals surface area contributed by atoms with Gasteiger partial charge in [-0.15, -0.1) is 11.3 Å². The molecule has 118 valence electrons. The molecule has 0 fully saturated rings. The van der Waals surface area contributed by atoms with Gasteiger partial charge in [-0.1, -0.05) is 12.1 Å². The molecule has 0 spiro atoms. The Morgan fingerprint density at radius 3 is 2.74 bits per heavy atom. The third-order valence-corrected chi connectivity index (χ3v) is 3.74. The molecule has 0 unspecified atom stereocenters. The molecule has 0 atom stereocenters. The number of ether oxygens (including phenoxy) is 1. The average molecular weight is 332 g/mol. The number of methoxy groups -OCH3 is 1. The molecule has 0 bridgehead atoms. The largest absolute Gasteiger partial charge is 0.465 e. The first-order valence-corrected chi connectivity index (χ1v) is 7.29. The zero-order chi connectivity index (χ0) is 16.8. The molecule has 0 saturated carbocycles. The summed E-state index contributed by atoms with van der Waals surface area (Å²) in [5.41, 5.74) is 0.549. The molecule has 0 aliphatic rings. The summed E-state index contributed by atoms with van der Waals surface area (Å²) in [5.74, 6) is -1.05. The predicted octanol–water partition coefficient (Wildman–Crippen LogP) is 3.09. The number of anilines is 1. The minimum atomic E-state index is -0.544. The van der Waals surface area contributed by atoms with Gasteiger partial charge in [-0.3, -0.25) is 14.9 Å². The summed E-state index contributed by atoms with van der Waals surface area (Å²) < 4.78 is 4.62. The summed E-state index contributed by atoms with van der Waals surface area (Å²) in [4.78, 5) is 34.1. The highest BCUT2D eigenvalue weighted by Gasteiger charge is 2.15. The summed E-state index contributed by atoms with van der Waals surface area (Å²) >= 11 is 1.14. The molecule has 23 heavy (non-hydrogen) atoms. The number of para-hydroxylation sites is 1. The Kier molecular flexibility index (Phi) is 5.21. The number of hydrogen-bond donors (Lipinski definition) is 1. The summed E-state index contributed by atoms with van der Waals surface area (Å²) in [6.07, 6.45) is 2.51. The third-order valence-electron chi connectivity index (χ3n) is 2.84. The standard InChI is InChI=1S/C15H12N2O5S/c1-22-15(19)14-11(8-9-23-14)16-13(18)7-6-10-4-2-3-5-12(10)17(20)21/h2-9H,1H3,(H,16,18)/b7-6+. The first-order chi connectivity index (χ1) is 11.0. The van der Waals surface area contributed by atoms with Crippen LogP contribution in [0.25, 0.3) is 6.08 Å². The summed E-state index contributed by atoms with van der Waals surface area (Å²) in [6, 6.07) is 7.65. The maximum Gasteiger partial charge on any atom is 0.350 e. The van der Waals surface area contributed by atoms with Crippen molar-refractivity contribution < 1.29 is 19.2 Å². The third kappa shape index (κ3) is 4.01. The quantitative estimate of drug-likeness (QED) is 0.392. The van der Waals surface area contributed by atoms with E-state index in [2.05, 4.69) is 10.1 Å². The van der Waals surface area contributed by atoms with Crippen molar-refractivity contribution in [1.29, 1.82) is 0 Å². The van der Waals surface area contributed by atoms with Crippen LogP contribution in [0.4, 0.5) is 11.4 Å². The number of esters is 1. The fourth-order valence-corrected chi connectivity index (χ4v) is 2.56. The predicted molar refractivity (Wildman–Crippen MR) is 86.4 cm³/mol. The Morgan fingerprint density at radius 1 is 1.30 bits per heavy atom. The average Bonchev–Trinajstić information content (AvgIpc) is 3.00. The van der Waals surface area contributed by atoms with Crippen molar-refractivity contribution in [2.45, 2.75) is 0 Å². The molecular formula is C15H12N2O5S. The molecule has 1 amide bonds. The normalized spacial score (nSPS) is 10.5. The number of carbonyl (C=O) groups is 2. The maximum atomic E-state index is 11.9. The minimum Gasteiger partial charge on any atom is -0.465 e. The molecule has 0 aliphatic heterocycles. The number of nitrogens with zero attached hydrogens (tertiary/aromatic N) is 1. The Labute approximate surface area is 135 Å². The second kappa shape index (κ2) is 7.32. The van der Waals surface area contributed by atoms with Crippen LogP contribution in [-0.2, 0) is 9.53 Å². The van der Waals surface area contributed by atoms with Gasteiger partial charge in [-0.2, -0.15) is 0 Å². The van der Waals surface area contributed by atoms with Crippen LogP contribution in [0.1, 0.15) is 15.2 Å². The fraction of sp³-hybridized carbons (Fsp3) is 0.0667. The first kappa shape index (κ1) is 16.4. The van der Waals surface area contributed by atoms with Crippen LogP contribution in [0.5, 0.6) is 0 Å². The smallest absolute Gasteiger partial charge is 0.350 e. The lowest BCUT2D eigenvalue weighted by atomic mass is 10.1. The number of carbonyl (C=O) groups excluding carboxylic acids is 2. The van der Waals surface area contributed by atoms with Gasteiger partial charge in [0.05, 0.1) is 23.3 Å². The van der Waals surface area contributed by atoms with Crippen LogP contribution in [0, 0.1) is 10.1 Å². The van der Waals surface area contributed by atoms with Crippen LogP contribution >= 0.6 is 11.3 Å². The Morgan fingerprint density at radius 2 is 2.04 bits per heavy atom. The molecule has 0 aliphatic carbocycles. The second-order valence-corrected chi connectivity index (χ2v) is 5.21. The van der Waals surface area contributed by atoms with Crippen molar-refractivity contribution in [2.75, 3.05) is 12.4 Å². The molecule has 2 aromatic rings. The molecule has 0 saturated heterocycles. The van der Waals surface area contributed by atoms with E-state index >= 15 is 0 Å². The number of amides is 1. The van der Waals surface area contributed by atoms with Crippen LogP contribution in [0.2, 0.25) is 0 Å². The van der Waals surface area contributed by atoms with E-state index in [0.717, 1.165) is 11.3 Å². The molecule has 1 aromatic carbocycles. The summed E-state index contributed by atoms with van der Waals surface area (Å²) in [6.45, 7) is 0. The Bertz CT molecular complexity index is 782. The lowest BCUT2D eigenvalue weighted by molar-refractivity contribution is -0.385. The van der Waals surface area contributed by atoms with Gasteiger partial charge >= 0.3 is 5.97 Å². The maximum absolute atomic E-state index is 11.9. The van der Waals surface area contributed by atoms with E-state index in [1.54, 1.807) is 23.6 Å². The van der Waals surface area contributed by atoms with Crippen LogP contribution in [0.15, 0.2) is 41.8 Å². The van der Waals surface area contributed by atoms with Gasteiger partial charge in [0, 0.05) is 12.1 Å². The van der Waals surface area contributed by atoms with Crippen molar-refractivity contribution >= 4 is 40.7 Å². The highest BCUT2D eigenvalue weighted by atomic mass is 32.1. The number of nitro groups is 1. The van der Waals surface area contributed by atoms with Gasteiger partial charge in [0.15, 0.2) is 0 Å². The van der Waals surface area contributed by atoms with Crippen molar-refractivity contribution in [1.82, 2.24) is 0 Å². The zero-order valence-corrected chi connectivity index (χ0v) is 12.8. The molecule has 8 heteroatoms. The molecule has 1 N–H and O–H groups in total. The molecule has 7 nitrogen and oxygen atoms in total. The van der Waals surface area contributed by atoms with Crippen LogP contribution < -0.4 is 5.32 Å². The summed E-state index contributed by atoms with van der Waals surface area (Å²) in [7, 11) is 1.25. The van der Waals surface area contributed by atoms with E-state index in [-0.39, 0.29) is 10.6 Å². The summed E-state index contributed by atoms with van der Waals surface area (Å²) in [5, 5.41) is 15.1. The topological polar surface area (TPSA) is 98.5 Å². The highest BCUT2D eigenvalue weighted by Crippen LogP contribution is 2.23. The molecular weight excluding hydrogens is 320 g/mol. The van der Waals surface area contributed by atoms with Gasteiger partial charge in [0.2, 0.25) is 5.91 Å². The van der Waals surface area contributed by atoms with Crippen LogP contribution in [-0.4, -0.2) is 23.9 Å². The zero-order valence-electron chi connectivity index (χ0n) is 12.0. The van der Waals surface area contributed by atoms with Crippen LogP contribution in [0.3, 0.4) is 0 Å². The number of benzene rings is 1. The van der Waals surface area contributed by atoms with E-state index in [1.807, 2.05) is 0 Å². The number of nitrogens with one attached hydrogen (secondary N) is 1. The van der Waals surface area contributed by atoms with E-state index in [0.29, 0.717) is 11.3 Å². The van der Waals surface area contributed by atoms with Crippen molar-refractivity contribution in [3.8, 4) is 0 Å². The van der Waals surface area contributed by atoms with Gasteiger partial charge < -0.3 is 10.1 Å². The van der Waals surface area contributed by atoms with Gasteiger partial charge in [0.1, 0.15) is 4.88 Å². The van der Waals surface area contributed by atoms with Crippen molar-refractivity contribution in [2.24, 2.45) is 0 Å². The Hall–Kier alpha value is -3.00. The highest BCUT2D eigenvalue weighted by molar-refractivity contribution is 7.12. The van der Waals surface area contributed by atoms with E-state index in [4.69, 9.17) is 0 Å². The van der Waals surface area contributed by atoms with Gasteiger partial charge in [0.25, 0.3) is 5.69 Å². The van der Waals surface area contributed by atoms with Gasteiger partial charge in [-0.05, 0) is 23.6 Å². The molecule has 1 aromatic heterocycles. The van der Waals surface area contributed by atoms with Crippen molar-refractivity contribution in [3.05, 3.63) is 62.3 Å². The van der Waals surface area contributed by atoms with Crippen molar-refractivity contribution in [3.63, 3.8) is 0 Å². The molecule has 1 heterocycles. The SMILES string of the molecule is COC(=O)c1sccc1NC(=O)/C=C/c1ccccc1[N+](=O)[O-]. The minimum absolute atomic E-state index is 0.0951. The number of hydrogen-bond acceptors (Lipinski definition) is 6. The van der Waals surface area contributed by atoms with E-state index in [1.165, 1.54) is 31.4 Å². The number of thiophene rings is 1.